The Kier molecular flexibility index (Phi) is 2.63. The average molecular weight is 192 g/mol. The van der Waals surface area contributed by atoms with Crippen molar-refractivity contribution in [1.82, 2.24) is 0 Å². The van der Waals surface area contributed by atoms with Crippen LogP contribution >= 0.6 is 11.8 Å². The van der Waals surface area contributed by atoms with Crippen LogP contribution in [0.25, 0.3) is 0 Å². The molecule has 1 aromatic carbocycles. The summed E-state index contributed by atoms with van der Waals surface area (Å²) in [6, 6.07) is 10.8. The Balaban J connectivity index is 1.99. The molecule has 0 spiro atoms. The Morgan fingerprint density at radius 2 is 1.69 bits per heavy atom. The second kappa shape index (κ2) is 3.75. The van der Waals surface area contributed by atoms with Crippen molar-refractivity contribution >= 4 is 11.8 Å². The van der Waals surface area contributed by atoms with Crippen LogP contribution in [-0.2, 0) is 6.42 Å². The van der Waals surface area contributed by atoms with Crippen LogP contribution in [0.2, 0.25) is 0 Å². The highest BCUT2D eigenvalue weighted by molar-refractivity contribution is 8.01. The molecule has 0 aromatic heterocycles. The van der Waals surface area contributed by atoms with Gasteiger partial charge in [0.15, 0.2) is 0 Å². The van der Waals surface area contributed by atoms with Gasteiger partial charge in [0.1, 0.15) is 0 Å². The minimum atomic E-state index is 0.857. The number of hydrogen-bond acceptors (Lipinski definition) is 1. The Hall–Kier alpha value is -0.430. The van der Waals surface area contributed by atoms with Crippen LogP contribution in [0.15, 0.2) is 30.3 Å². The lowest BCUT2D eigenvalue weighted by Crippen LogP contribution is -2.37. The van der Waals surface area contributed by atoms with Gasteiger partial charge in [-0.05, 0) is 17.9 Å². The van der Waals surface area contributed by atoms with E-state index in [1.807, 2.05) is 0 Å². The van der Waals surface area contributed by atoms with Crippen LogP contribution in [0, 0.1) is 5.92 Å². The van der Waals surface area contributed by atoms with Gasteiger partial charge in [-0.2, -0.15) is 11.8 Å². The summed E-state index contributed by atoms with van der Waals surface area (Å²) >= 11 is 2.11. The molecule has 2 atom stereocenters. The van der Waals surface area contributed by atoms with E-state index in [1.165, 1.54) is 12.0 Å². The summed E-state index contributed by atoms with van der Waals surface area (Å²) < 4.78 is 0. The molecule has 1 heterocycles. The first-order valence-corrected chi connectivity index (χ1v) is 5.91. The van der Waals surface area contributed by atoms with E-state index in [9.17, 15) is 0 Å². The fraction of sp³-hybridized carbons (Fsp3) is 0.500. The van der Waals surface area contributed by atoms with Crippen molar-refractivity contribution in [1.29, 1.82) is 0 Å². The van der Waals surface area contributed by atoms with E-state index in [4.69, 9.17) is 0 Å². The Bertz CT molecular complexity index is 260. The van der Waals surface area contributed by atoms with Crippen molar-refractivity contribution in [2.24, 2.45) is 5.92 Å². The normalized spacial score (nSPS) is 32.6. The summed E-state index contributed by atoms with van der Waals surface area (Å²) in [7, 11) is 0. The maximum Gasteiger partial charge on any atom is 0.00634 e. The summed E-state index contributed by atoms with van der Waals surface area (Å²) in [5, 5.41) is 1.71. The van der Waals surface area contributed by atoms with Gasteiger partial charge in [-0.1, -0.05) is 44.2 Å². The fourth-order valence-corrected chi connectivity index (χ4v) is 3.52. The summed E-state index contributed by atoms with van der Waals surface area (Å²) in [5.74, 6) is 0.896. The van der Waals surface area contributed by atoms with Crippen molar-refractivity contribution in [3.63, 3.8) is 0 Å². The van der Waals surface area contributed by atoms with Crippen molar-refractivity contribution in [2.45, 2.75) is 30.8 Å². The van der Waals surface area contributed by atoms with E-state index in [-0.39, 0.29) is 0 Å². The molecule has 1 aliphatic rings. The van der Waals surface area contributed by atoms with Crippen LogP contribution in [0.3, 0.4) is 0 Å². The van der Waals surface area contributed by atoms with Gasteiger partial charge in [-0.15, -0.1) is 0 Å². The van der Waals surface area contributed by atoms with Crippen LogP contribution in [-0.4, -0.2) is 10.5 Å². The lowest BCUT2D eigenvalue weighted by atomic mass is 9.92. The van der Waals surface area contributed by atoms with Gasteiger partial charge in [0, 0.05) is 10.5 Å². The number of hydrogen-bond donors (Lipinski definition) is 0. The van der Waals surface area contributed by atoms with Crippen molar-refractivity contribution in [3.05, 3.63) is 35.9 Å². The molecule has 1 aromatic rings. The van der Waals surface area contributed by atoms with Gasteiger partial charge < -0.3 is 0 Å². The fourth-order valence-electron chi connectivity index (χ4n) is 2.05. The molecule has 0 amide bonds. The number of thioether (sulfide) groups is 1. The molecule has 0 radical (unpaired) electrons. The first-order chi connectivity index (χ1) is 6.27. The molecule has 1 aliphatic heterocycles. The van der Waals surface area contributed by atoms with E-state index in [2.05, 4.69) is 55.9 Å². The third-order valence-corrected chi connectivity index (χ3v) is 4.51. The van der Waals surface area contributed by atoms with Gasteiger partial charge in [0.2, 0.25) is 0 Å². The van der Waals surface area contributed by atoms with Crippen molar-refractivity contribution < 1.29 is 0 Å². The zero-order chi connectivity index (χ0) is 9.26. The quantitative estimate of drug-likeness (QED) is 0.692. The molecule has 0 saturated carbocycles. The molecule has 0 nitrogen and oxygen atoms in total. The molecular formula is C12H16S. The van der Waals surface area contributed by atoms with E-state index < -0.39 is 0 Å². The topological polar surface area (TPSA) is 0 Å². The summed E-state index contributed by atoms with van der Waals surface area (Å²) in [4.78, 5) is 0. The highest BCUT2D eigenvalue weighted by Crippen LogP contribution is 2.43. The van der Waals surface area contributed by atoms with Crippen LogP contribution in [0.1, 0.15) is 19.4 Å². The summed E-state index contributed by atoms with van der Waals surface area (Å²) in [6.45, 7) is 4.69. The Morgan fingerprint density at radius 1 is 1.08 bits per heavy atom. The maximum atomic E-state index is 2.35. The Morgan fingerprint density at radius 3 is 2.23 bits per heavy atom. The minimum Gasteiger partial charge on any atom is -0.155 e. The molecule has 1 fully saturated rings. The van der Waals surface area contributed by atoms with E-state index in [0.29, 0.717) is 0 Å². The summed E-state index contributed by atoms with van der Waals surface area (Å²) in [6.07, 6.45) is 1.26. The second-order valence-corrected chi connectivity index (χ2v) is 5.66. The van der Waals surface area contributed by atoms with Gasteiger partial charge in [0.25, 0.3) is 0 Å². The van der Waals surface area contributed by atoms with Crippen molar-refractivity contribution in [2.75, 3.05) is 0 Å². The molecule has 0 N–H and O–H groups in total. The standard InChI is InChI=1S/C12H16S/c1-9-12(10(2)13-9)8-11-6-4-3-5-7-11/h3-7,9-10,12H,8H2,1-2H3. The molecule has 13 heavy (non-hydrogen) atoms. The lowest BCUT2D eigenvalue weighted by Gasteiger charge is -2.40. The molecule has 70 valence electrons. The first-order valence-electron chi connectivity index (χ1n) is 4.97. The van der Waals surface area contributed by atoms with Gasteiger partial charge in [0.05, 0.1) is 0 Å². The number of rotatable bonds is 2. The second-order valence-electron chi connectivity index (χ2n) is 3.90. The highest BCUT2D eigenvalue weighted by atomic mass is 32.2. The van der Waals surface area contributed by atoms with E-state index in [1.54, 1.807) is 0 Å². The molecule has 1 saturated heterocycles. The van der Waals surface area contributed by atoms with Crippen LogP contribution < -0.4 is 0 Å². The molecular weight excluding hydrogens is 176 g/mol. The number of benzene rings is 1. The minimum absolute atomic E-state index is 0.857. The largest absolute Gasteiger partial charge is 0.155 e. The van der Waals surface area contributed by atoms with Crippen LogP contribution in [0.5, 0.6) is 0 Å². The Labute approximate surface area is 84.7 Å². The highest BCUT2D eigenvalue weighted by Gasteiger charge is 2.34. The average Bonchev–Trinajstić information content (AvgIpc) is 2.16. The molecule has 1 heteroatoms. The maximum absolute atomic E-state index is 2.35. The monoisotopic (exact) mass is 192 g/mol. The lowest BCUT2D eigenvalue weighted by molar-refractivity contribution is 0.472. The predicted molar refractivity (Wildman–Crippen MR) is 60.2 cm³/mol. The third kappa shape index (κ3) is 1.91. The van der Waals surface area contributed by atoms with Gasteiger partial charge >= 0.3 is 0 Å². The van der Waals surface area contributed by atoms with Gasteiger partial charge in [-0.25, -0.2) is 0 Å². The summed E-state index contributed by atoms with van der Waals surface area (Å²) in [5.41, 5.74) is 1.49. The van der Waals surface area contributed by atoms with E-state index in [0.717, 1.165) is 16.4 Å². The molecule has 2 unspecified atom stereocenters. The molecule has 2 rings (SSSR count). The van der Waals surface area contributed by atoms with E-state index >= 15 is 0 Å². The molecule has 0 aliphatic carbocycles. The molecule has 0 bridgehead atoms. The predicted octanol–water partition coefficient (Wildman–Crippen LogP) is 3.37. The van der Waals surface area contributed by atoms with Crippen molar-refractivity contribution in [3.8, 4) is 0 Å². The zero-order valence-electron chi connectivity index (χ0n) is 8.23. The van der Waals surface area contributed by atoms with Crippen LogP contribution in [0.4, 0.5) is 0 Å². The first kappa shape index (κ1) is 9.14. The smallest absolute Gasteiger partial charge is 0.00634 e. The SMILES string of the molecule is CC1SC(C)C1Cc1ccccc1. The third-order valence-electron chi connectivity index (χ3n) is 2.95. The van der Waals surface area contributed by atoms with Gasteiger partial charge in [-0.3, -0.25) is 0 Å². The zero-order valence-corrected chi connectivity index (χ0v) is 9.05.